The number of methoxy groups -OCH3 is 5. The van der Waals surface area contributed by atoms with Crippen molar-refractivity contribution < 1.29 is 28.5 Å². The third-order valence-electron chi connectivity index (χ3n) is 4.10. The first kappa shape index (κ1) is 19.4. The normalized spacial score (nSPS) is 10.2. The highest BCUT2D eigenvalue weighted by Crippen LogP contribution is 2.36. The second-order valence-electron chi connectivity index (χ2n) is 5.51. The zero-order valence-corrected chi connectivity index (χ0v) is 15.8. The summed E-state index contributed by atoms with van der Waals surface area (Å²) in [7, 11) is 7.77. The quantitative estimate of drug-likeness (QED) is 0.637. The molecule has 6 heteroatoms. The first-order chi connectivity index (χ1) is 12.6. The Morgan fingerprint density at radius 3 is 2.04 bits per heavy atom. The summed E-state index contributed by atoms with van der Waals surface area (Å²) in [4.78, 5) is 12.8. The maximum Gasteiger partial charge on any atom is 0.171 e. The van der Waals surface area contributed by atoms with Gasteiger partial charge in [-0.15, -0.1) is 0 Å². The van der Waals surface area contributed by atoms with Crippen LogP contribution in [0.2, 0.25) is 0 Å². The summed E-state index contributed by atoms with van der Waals surface area (Å²) in [5, 5.41) is 0. The maximum atomic E-state index is 12.8. The van der Waals surface area contributed by atoms with Crippen LogP contribution in [0.15, 0.2) is 30.3 Å². The topological polar surface area (TPSA) is 63.2 Å². The molecule has 140 valence electrons. The third kappa shape index (κ3) is 4.20. The first-order valence-electron chi connectivity index (χ1n) is 8.12. The zero-order chi connectivity index (χ0) is 19.1. The number of ether oxygens (including phenoxy) is 5. The summed E-state index contributed by atoms with van der Waals surface area (Å²) >= 11 is 0. The molecular weight excluding hydrogens is 336 g/mol. The van der Waals surface area contributed by atoms with Gasteiger partial charge in [-0.1, -0.05) is 0 Å². The monoisotopic (exact) mass is 360 g/mol. The molecule has 0 amide bonds. The van der Waals surface area contributed by atoms with E-state index < -0.39 is 0 Å². The summed E-state index contributed by atoms with van der Waals surface area (Å²) in [5.74, 6) is 2.74. The van der Waals surface area contributed by atoms with Crippen LogP contribution in [-0.4, -0.2) is 41.3 Å². The number of Topliss-reactive ketones (excluding diaryl/α,β-unsaturated/α-hetero) is 1. The minimum Gasteiger partial charge on any atom is -0.497 e. The van der Waals surface area contributed by atoms with Crippen molar-refractivity contribution >= 4 is 5.78 Å². The number of carbonyl (C=O) groups is 1. The second-order valence-corrected chi connectivity index (χ2v) is 5.51. The summed E-state index contributed by atoms with van der Waals surface area (Å²) in [6, 6.07) is 8.86. The standard InChI is InChI=1S/C20H24O6/c1-22-14-7-9-18(24-3)13(10-14)6-8-17(21)16-11-15(23-2)12-19(25-4)20(16)26-5/h7,9-12H,6,8H2,1-5H3. The van der Waals surface area contributed by atoms with Crippen molar-refractivity contribution in [1.29, 1.82) is 0 Å². The lowest BCUT2D eigenvalue weighted by Crippen LogP contribution is -2.06. The molecule has 0 aliphatic heterocycles. The summed E-state index contributed by atoms with van der Waals surface area (Å²) < 4.78 is 26.6. The van der Waals surface area contributed by atoms with Gasteiger partial charge in [0, 0.05) is 12.5 Å². The Kier molecular flexibility index (Phi) is 6.72. The van der Waals surface area contributed by atoms with Gasteiger partial charge in [-0.2, -0.15) is 0 Å². The Morgan fingerprint density at radius 2 is 1.46 bits per heavy atom. The lowest BCUT2D eigenvalue weighted by Gasteiger charge is -2.14. The average Bonchev–Trinajstić information content (AvgIpc) is 2.70. The van der Waals surface area contributed by atoms with Gasteiger partial charge in [-0.3, -0.25) is 4.79 Å². The van der Waals surface area contributed by atoms with Crippen molar-refractivity contribution in [3.63, 3.8) is 0 Å². The number of hydrogen-bond donors (Lipinski definition) is 0. The number of carbonyl (C=O) groups excluding carboxylic acids is 1. The van der Waals surface area contributed by atoms with Gasteiger partial charge in [-0.05, 0) is 36.2 Å². The van der Waals surface area contributed by atoms with Gasteiger partial charge in [0.1, 0.15) is 17.2 Å². The third-order valence-corrected chi connectivity index (χ3v) is 4.10. The van der Waals surface area contributed by atoms with Crippen LogP contribution >= 0.6 is 0 Å². The Balaban J connectivity index is 2.28. The Bertz CT molecular complexity index is 769. The van der Waals surface area contributed by atoms with E-state index in [0.717, 1.165) is 5.56 Å². The molecule has 0 saturated carbocycles. The van der Waals surface area contributed by atoms with Crippen LogP contribution in [0, 0.1) is 0 Å². The smallest absolute Gasteiger partial charge is 0.171 e. The minimum atomic E-state index is -0.0797. The minimum absolute atomic E-state index is 0.0797. The van der Waals surface area contributed by atoms with Crippen LogP contribution in [0.4, 0.5) is 0 Å². The van der Waals surface area contributed by atoms with Crippen LogP contribution in [-0.2, 0) is 6.42 Å². The van der Waals surface area contributed by atoms with Gasteiger partial charge < -0.3 is 23.7 Å². The van der Waals surface area contributed by atoms with Gasteiger partial charge in [0.15, 0.2) is 17.3 Å². The van der Waals surface area contributed by atoms with Gasteiger partial charge in [-0.25, -0.2) is 0 Å². The second kappa shape index (κ2) is 8.99. The van der Waals surface area contributed by atoms with E-state index in [-0.39, 0.29) is 12.2 Å². The van der Waals surface area contributed by atoms with E-state index in [9.17, 15) is 4.79 Å². The number of ketones is 1. The van der Waals surface area contributed by atoms with Crippen molar-refractivity contribution in [3.8, 4) is 28.7 Å². The van der Waals surface area contributed by atoms with Crippen LogP contribution in [0.1, 0.15) is 22.3 Å². The lowest BCUT2D eigenvalue weighted by molar-refractivity contribution is 0.0978. The number of benzene rings is 2. The summed E-state index contributed by atoms with van der Waals surface area (Å²) in [6.45, 7) is 0. The predicted octanol–water partition coefficient (Wildman–Crippen LogP) is 3.55. The molecule has 0 radical (unpaired) electrons. The largest absolute Gasteiger partial charge is 0.497 e. The summed E-state index contributed by atoms with van der Waals surface area (Å²) in [5.41, 5.74) is 1.32. The van der Waals surface area contributed by atoms with E-state index in [1.165, 1.54) is 21.3 Å². The van der Waals surface area contributed by atoms with Crippen molar-refractivity contribution in [3.05, 3.63) is 41.5 Å². The van der Waals surface area contributed by atoms with E-state index in [1.807, 2.05) is 18.2 Å². The molecule has 2 aromatic carbocycles. The molecule has 6 nitrogen and oxygen atoms in total. The van der Waals surface area contributed by atoms with E-state index in [2.05, 4.69) is 0 Å². The van der Waals surface area contributed by atoms with E-state index >= 15 is 0 Å². The first-order valence-corrected chi connectivity index (χ1v) is 8.12. The Morgan fingerprint density at radius 1 is 0.769 bits per heavy atom. The van der Waals surface area contributed by atoms with Crippen molar-refractivity contribution in [1.82, 2.24) is 0 Å². The Labute approximate surface area is 153 Å². The maximum absolute atomic E-state index is 12.8. The molecule has 0 spiro atoms. The van der Waals surface area contributed by atoms with Crippen LogP contribution < -0.4 is 23.7 Å². The average molecular weight is 360 g/mol. The number of aryl methyl sites for hydroxylation is 1. The van der Waals surface area contributed by atoms with Crippen molar-refractivity contribution in [2.45, 2.75) is 12.8 Å². The molecular formula is C20H24O6. The molecule has 0 aliphatic rings. The van der Waals surface area contributed by atoms with Gasteiger partial charge in [0.05, 0.1) is 41.1 Å². The van der Waals surface area contributed by atoms with Crippen molar-refractivity contribution in [2.75, 3.05) is 35.5 Å². The van der Waals surface area contributed by atoms with Gasteiger partial charge in [0.25, 0.3) is 0 Å². The van der Waals surface area contributed by atoms with Gasteiger partial charge in [0.2, 0.25) is 0 Å². The fraction of sp³-hybridized carbons (Fsp3) is 0.350. The molecule has 0 N–H and O–H groups in total. The highest BCUT2D eigenvalue weighted by molar-refractivity contribution is 6.00. The van der Waals surface area contributed by atoms with E-state index in [4.69, 9.17) is 23.7 Å². The molecule has 0 heterocycles. The molecule has 0 fully saturated rings. The molecule has 0 saturated heterocycles. The van der Waals surface area contributed by atoms with Crippen LogP contribution in [0.3, 0.4) is 0 Å². The van der Waals surface area contributed by atoms with E-state index in [1.54, 1.807) is 26.4 Å². The SMILES string of the molecule is COc1ccc(OC)c(CCC(=O)c2cc(OC)cc(OC)c2OC)c1. The molecule has 2 rings (SSSR count). The fourth-order valence-electron chi connectivity index (χ4n) is 2.72. The molecule has 0 bridgehead atoms. The predicted molar refractivity (Wildman–Crippen MR) is 98.3 cm³/mol. The fourth-order valence-corrected chi connectivity index (χ4v) is 2.72. The van der Waals surface area contributed by atoms with Crippen molar-refractivity contribution in [2.24, 2.45) is 0 Å². The van der Waals surface area contributed by atoms with Crippen LogP contribution in [0.25, 0.3) is 0 Å². The van der Waals surface area contributed by atoms with Gasteiger partial charge >= 0.3 is 0 Å². The molecule has 0 atom stereocenters. The highest BCUT2D eigenvalue weighted by atomic mass is 16.5. The number of rotatable bonds is 9. The molecule has 0 aromatic heterocycles. The molecule has 0 unspecified atom stereocenters. The zero-order valence-electron chi connectivity index (χ0n) is 15.8. The number of hydrogen-bond acceptors (Lipinski definition) is 6. The van der Waals surface area contributed by atoms with Crippen LogP contribution in [0.5, 0.6) is 28.7 Å². The highest BCUT2D eigenvalue weighted by Gasteiger charge is 2.19. The van der Waals surface area contributed by atoms with E-state index in [0.29, 0.717) is 40.7 Å². The summed E-state index contributed by atoms with van der Waals surface area (Å²) in [6.07, 6.45) is 0.776. The molecule has 0 aliphatic carbocycles. The lowest BCUT2D eigenvalue weighted by atomic mass is 10.0. The molecule has 2 aromatic rings. The Hall–Kier alpha value is -2.89. The molecule has 26 heavy (non-hydrogen) atoms.